The first kappa shape index (κ1) is 14.2. The third-order valence-corrected chi connectivity index (χ3v) is 4.67. The molecular weight excluding hydrogens is 244 g/mol. The minimum absolute atomic E-state index is 0.134. The van der Waals surface area contributed by atoms with Gasteiger partial charge in [-0.1, -0.05) is 19.8 Å². The smallest absolute Gasteiger partial charge is 0.317 e. The van der Waals surface area contributed by atoms with E-state index in [0.717, 1.165) is 12.3 Å². The number of amides is 2. The number of hydrogen-bond donors (Lipinski definition) is 2. The van der Waals surface area contributed by atoms with E-state index in [4.69, 9.17) is 5.11 Å². The molecule has 2 bridgehead atoms. The Morgan fingerprint density at radius 3 is 2.42 bits per heavy atom. The van der Waals surface area contributed by atoms with Crippen molar-refractivity contribution >= 4 is 12.0 Å². The van der Waals surface area contributed by atoms with Gasteiger partial charge in [0.25, 0.3) is 0 Å². The van der Waals surface area contributed by atoms with Gasteiger partial charge in [-0.05, 0) is 31.1 Å². The zero-order valence-corrected chi connectivity index (χ0v) is 11.8. The van der Waals surface area contributed by atoms with Crippen molar-refractivity contribution < 1.29 is 14.7 Å². The van der Waals surface area contributed by atoms with Crippen molar-refractivity contribution in [2.45, 2.75) is 45.1 Å². The summed E-state index contributed by atoms with van der Waals surface area (Å²) in [6.07, 6.45) is 6.17. The van der Waals surface area contributed by atoms with E-state index in [2.05, 4.69) is 5.32 Å². The van der Waals surface area contributed by atoms with Crippen molar-refractivity contribution in [2.75, 3.05) is 13.6 Å². The van der Waals surface area contributed by atoms with E-state index in [0.29, 0.717) is 12.0 Å². The second-order valence-corrected chi connectivity index (χ2v) is 6.19. The molecule has 5 heteroatoms. The maximum atomic E-state index is 12.1. The van der Waals surface area contributed by atoms with E-state index in [-0.39, 0.29) is 12.6 Å². The molecule has 0 aliphatic heterocycles. The maximum Gasteiger partial charge on any atom is 0.317 e. The number of carboxylic acids is 1. The summed E-state index contributed by atoms with van der Waals surface area (Å²) >= 11 is 0. The zero-order chi connectivity index (χ0) is 14.0. The molecular formula is C14H24N2O3. The highest BCUT2D eigenvalue weighted by atomic mass is 16.4. The van der Waals surface area contributed by atoms with Crippen LogP contribution in [0, 0.1) is 17.8 Å². The second kappa shape index (κ2) is 5.80. The van der Waals surface area contributed by atoms with Crippen LogP contribution in [0.15, 0.2) is 0 Å². The Hall–Kier alpha value is -1.26. The van der Waals surface area contributed by atoms with Gasteiger partial charge in [0, 0.05) is 19.6 Å². The van der Waals surface area contributed by atoms with Gasteiger partial charge in [0.1, 0.15) is 0 Å². The number of fused-ring (bicyclic) bond motifs is 3. The largest absolute Gasteiger partial charge is 0.481 e. The number of urea groups is 1. The predicted octanol–water partition coefficient (Wildman–Crippen LogP) is 1.93. The van der Waals surface area contributed by atoms with Crippen molar-refractivity contribution in [3.05, 3.63) is 0 Å². The molecule has 0 spiro atoms. The van der Waals surface area contributed by atoms with Crippen LogP contribution in [0.1, 0.15) is 39.0 Å². The molecule has 3 aliphatic rings. The Bertz CT molecular complexity index is 351. The number of nitrogens with zero attached hydrogens (tertiary/aromatic N) is 1. The van der Waals surface area contributed by atoms with Gasteiger partial charge in [0.05, 0.1) is 5.92 Å². The quantitative estimate of drug-likeness (QED) is 0.818. The second-order valence-electron chi connectivity index (χ2n) is 6.19. The molecule has 19 heavy (non-hydrogen) atoms. The van der Waals surface area contributed by atoms with E-state index in [9.17, 15) is 9.59 Å². The summed E-state index contributed by atoms with van der Waals surface area (Å²) in [5, 5.41) is 12.0. The summed E-state index contributed by atoms with van der Waals surface area (Å²) < 4.78 is 0. The Kier molecular flexibility index (Phi) is 4.32. The number of carbonyl (C=O) groups excluding carboxylic acids is 1. The van der Waals surface area contributed by atoms with Crippen molar-refractivity contribution in [2.24, 2.45) is 17.8 Å². The van der Waals surface area contributed by atoms with Crippen molar-refractivity contribution in [1.29, 1.82) is 0 Å². The van der Waals surface area contributed by atoms with Crippen LogP contribution in [-0.2, 0) is 4.79 Å². The predicted molar refractivity (Wildman–Crippen MR) is 71.8 cm³/mol. The highest BCUT2D eigenvalue weighted by Gasteiger charge is 2.36. The monoisotopic (exact) mass is 268 g/mol. The van der Waals surface area contributed by atoms with Gasteiger partial charge < -0.3 is 15.3 Å². The molecule has 3 saturated carbocycles. The summed E-state index contributed by atoms with van der Waals surface area (Å²) in [5.74, 6) is 0.00715. The molecule has 0 aromatic heterocycles. The molecule has 2 unspecified atom stereocenters. The minimum atomic E-state index is -0.864. The van der Waals surface area contributed by atoms with Gasteiger partial charge in [0.15, 0.2) is 0 Å². The third kappa shape index (κ3) is 3.39. The zero-order valence-electron chi connectivity index (χ0n) is 11.8. The van der Waals surface area contributed by atoms with Crippen LogP contribution in [0.25, 0.3) is 0 Å². The van der Waals surface area contributed by atoms with Crippen LogP contribution in [0.3, 0.4) is 0 Å². The number of carbonyl (C=O) groups is 2. The summed E-state index contributed by atoms with van der Waals surface area (Å²) in [5.41, 5.74) is 0. The molecule has 2 N–H and O–H groups in total. The Balaban J connectivity index is 1.82. The van der Waals surface area contributed by atoms with Crippen LogP contribution in [0.4, 0.5) is 4.79 Å². The molecule has 0 aromatic rings. The lowest BCUT2D eigenvalue weighted by atomic mass is 9.68. The summed E-state index contributed by atoms with van der Waals surface area (Å²) in [6.45, 7) is 1.87. The van der Waals surface area contributed by atoms with Gasteiger partial charge in [-0.2, -0.15) is 0 Å². The van der Waals surface area contributed by atoms with E-state index in [1.54, 1.807) is 14.0 Å². The highest BCUT2D eigenvalue weighted by molar-refractivity contribution is 5.76. The maximum absolute atomic E-state index is 12.1. The first-order chi connectivity index (χ1) is 8.97. The van der Waals surface area contributed by atoms with Gasteiger partial charge >= 0.3 is 12.0 Å². The normalized spacial score (nSPS) is 30.7. The third-order valence-electron chi connectivity index (χ3n) is 4.67. The molecule has 0 aromatic carbocycles. The van der Waals surface area contributed by atoms with E-state index in [1.807, 2.05) is 0 Å². The fraction of sp³-hybridized carbons (Fsp3) is 0.857. The molecule has 3 aliphatic carbocycles. The minimum Gasteiger partial charge on any atom is -0.481 e. The molecule has 0 heterocycles. The number of nitrogens with one attached hydrogen (secondary N) is 1. The fourth-order valence-electron chi connectivity index (χ4n) is 3.40. The molecule has 2 atom stereocenters. The lowest BCUT2D eigenvalue weighted by Crippen LogP contribution is -2.51. The van der Waals surface area contributed by atoms with Gasteiger partial charge in [0.2, 0.25) is 0 Å². The molecule has 0 saturated heterocycles. The standard InChI is InChI=1S/C14H24N2O3/c1-9(13(17)18)8-16(2)14(19)15-12-7-10-3-5-11(12)6-4-10/h9-12H,3-8H2,1-2H3,(H,15,19)(H,17,18). The van der Waals surface area contributed by atoms with Gasteiger partial charge in [-0.25, -0.2) is 4.79 Å². The molecule has 3 rings (SSSR count). The Morgan fingerprint density at radius 2 is 1.95 bits per heavy atom. The van der Waals surface area contributed by atoms with Crippen molar-refractivity contribution in [1.82, 2.24) is 10.2 Å². The molecule has 2 amide bonds. The summed E-state index contributed by atoms with van der Waals surface area (Å²) in [6, 6.07) is 0.160. The van der Waals surface area contributed by atoms with Crippen LogP contribution in [0.2, 0.25) is 0 Å². The van der Waals surface area contributed by atoms with E-state index < -0.39 is 11.9 Å². The lowest BCUT2D eigenvalue weighted by Gasteiger charge is -2.43. The number of carboxylic acid groups (broad SMARTS) is 1. The van der Waals surface area contributed by atoms with Gasteiger partial charge in [-0.3, -0.25) is 4.79 Å². The fourth-order valence-corrected chi connectivity index (χ4v) is 3.40. The van der Waals surface area contributed by atoms with Crippen LogP contribution in [-0.4, -0.2) is 41.6 Å². The topological polar surface area (TPSA) is 69.6 Å². The molecule has 5 nitrogen and oxygen atoms in total. The average Bonchev–Trinajstić information content (AvgIpc) is 2.39. The SMILES string of the molecule is CC(CN(C)C(=O)NC1CC2CCC1CC2)C(=O)O. The molecule has 0 radical (unpaired) electrons. The van der Waals surface area contributed by atoms with E-state index in [1.165, 1.54) is 30.6 Å². The summed E-state index contributed by atoms with van der Waals surface area (Å²) in [4.78, 5) is 24.3. The van der Waals surface area contributed by atoms with Gasteiger partial charge in [-0.15, -0.1) is 0 Å². The van der Waals surface area contributed by atoms with Crippen LogP contribution in [0.5, 0.6) is 0 Å². The number of aliphatic carboxylic acids is 1. The Labute approximate surface area is 114 Å². The average molecular weight is 268 g/mol. The molecule has 108 valence electrons. The first-order valence-corrected chi connectivity index (χ1v) is 7.21. The highest BCUT2D eigenvalue weighted by Crippen LogP contribution is 2.41. The first-order valence-electron chi connectivity index (χ1n) is 7.21. The number of hydrogen-bond acceptors (Lipinski definition) is 2. The van der Waals surface area contributed by atoms with Crippen molar-refractivity contribution in [3.8, 4) is 0 Å². The van der Waals surface area contributed by atoms with Crippen molar-refractivity contribution in [3.63, 3.8) is 0 Å². The Morgan fingerprint density at radius 1 is 1.32 bits per heavy atom. The summed E-state index contributed by atoms with van der Waals surface area (Å²) in [7, 11) is 1.66. The lowest BCUT2D eigenvalue weighted by molar-refractivity contribution is -0.141. The number of rotatable bonds is 4. The van der Waals surface area contributed by atoms with E-state index >= 15 is 0 Å². The van der Waals surface area contributed by atoms with Crippen LogP contribution >= 0.6 is 0 Å². The van der Waals surface area contributed by atoms with Crippen LogP contribution < -0.4 is 5.32 Å². The molecule has 3 fully saturated rings.